The summed E-state index contributed by atoms with van der Waals surface area (Å²) in [5.74, 6) is 0.627. The fourth-order valence-electron chi connectivity index (χ4n) is 1.89. The molecule has 0 unspecified atom stereocenters. The number of carbonyl (C=O) groups excluding carboxylic acids is 1. The lowest BCUT2D eigenvalue weighted by Crippen LogP contribution is -2.27. The number of urea groups is 1. The number of amides is 2. The van der Waals surface area contributed by atoms with Crippen molar-refractivity contribution >= 4 is 55.7 Å². The Labute approximate surface area is 139 Å². The van der Waals surface area contributed by atoms with Crippen LogP contribution in [0.5, 0.6) is 5.75 Å². The number of fused-ring (bicyclic) bond motifs is 1. The van der Waals surface area contributed by atoms with Gasteiger partial charge in [0.25, 0.3) is 0 Å². The van der Waals surface area contributed by atoms with Crippen LogP contribution in [0.3, 0.4) is 0 Å². The molecule has 0 bridgehead atoms. The normalized spacial score (nSPS) is 10.6. The summed E-state index contributed by atoms with van der Waals surface area (Å²) in [7, 11) is 1.57. The number of rotatable bonds is 4. The highest BCUT2D eigenvalue weighted by Crippen LogP contribution is 2.37. The van der Waals surface area contributed by atoms with Crippen LogP contribution in [0.15, 0.2) is 29.6 Å². The van der Waals surface area contributed by atoms with Gasteiger partial charge in [-0.1, -0.05) is 29.0 Å². The minimum atomic E-state index is -0.303. The number of hydrogen-bond donors (Lipinski definition) is 2. The Morgan fingerprint density at radius 1 is 1.41 bits per heavy atom. The summed E-state index contributed by atoms with van der Waals surface area (Å²) in [6, 6.07) is 7.11. The summed E-state index contributed by atoms with van der Waals surface area (Å²) in [6.07, 6.45) is 0. The zero-order valence-electron chi connectivity index (χ0n) is 11.6. The lowest BCUT2D eigenvalue weighted by Gasteiger charge is -2.03. The third-order valence-electron chi connectivity index (χ3n) is 2.90. The Balaban J connectivity index is 1.73. The van der Waals surface area contributed by atoms with Crippen LogP contribution in [0.4, 0.5) is 9.93 Å². The van der Waals surface area contributed by atoms with E-state index in [0.717, 1.165) is 9.58 Å². The van der Waals surface area contributed by atoms with E-state index in [2.05, 4.69) is 15.6 Å². The molecule has 5 nitrogen and oxygen atoms in total. The van der Waals surface area contributed by atoms with Gasteiger partial charge in [-0.15, -0.1) is 11.3 Å². The van der Waals surface area contributed by atoms with Crippen LogP contribution in [0.1, 0.15) is 4.88 Å². The van der Waals surface area contributed by atoms with E-state index < -0.39 is 0 Å². The minimum Gasteiger partial charge on any atom is -0.494 e. The second-order valence-electron chi connectivity index (χ2n) is 4.33. The van der Waals surface area contributed by atoms with Crippen molar-refractivity contribution in [2.75, 3.05) is 12.4 Å². The minimum absolute atomic E-state index is 0.303. The standard InChI is InChI=1S/C14H12ClN3O2S2/c1-20-10-5-4-9(15)12-11(10)17-14(22-12)18-13(19)16-7-8-3-2-6-21-8/h2-6H,7H2,1H3,(H2,16,17,18,19). The molecule has 3 rings (SSSR count). The van der Waals surface area contributed by atoms with Crippen molar-refractivity contribution in [3.63, 3.8) is 0 Å². The first kappa shape index (κ1) is 15.1. The van der Waals surface area contributed by atoms with E-state index in [0.29, 0.717) is 28.0 Å². The van der Waals surface area contributed by atoms with Gasteiger partial charge in [-0.05, 0) is 23.6 Å². The summed E-state index contributed by atoms with van der Waals surface area (Å²) < 4.78 is 6.04. The number of halogens is 1. The molecule has 3 aromatic rings. The summed E-state index contributed by atoms with van der Waals surface area (Å²) >= 11 is 9.06. The zero-order chi connectivity index (χ0) is 15.5. The van der Waals surface area contributed by atoms with E-state index in [1.807, 2.05) is 17.5 Å². The molecular formula is C14H12ClN3O2S2. The van der Waals surface area contributed by atoms with Gasteiger partial charge in [-0.2, -0.15) is 0 Å². The zero-order valence-corrected chi connectivity index (χ0v) is 13.9. The summed E-state index contributed by atoms with van der Waals surface area (Å²) in [4.78, 5) is 17.4. The molecule has 0 aliphatic carbocycles. The lowest BCUT2D eigenvalue weighted by atomic mass is 10.3. The number of nitrogens with zero attached hydrogens (tertiary/aromatic N) is 1. The van der Waals surface area contributed by atoms with Crippen molar-refractivity contribution in [3.8, 4) is 5.75 Å². The van der Waals surface area contributed by atoms with Crippen molar-refractivity contribution < 1.29 is 9.53 Å². The largest absolute Gasteiger partial charge is 0.494 e. The smallest absolute Gasteiger partial charge is 0.321 e. The molecule has 1 aromatic carbocycles. The maximum Gasteiger partial charge on any atom is 0.321 e. The molecule has 0 fully saturated rings. The van der Waals surface area contributed by atoms with Gasteiger partial charge in [0.2, 0.25) is 0 Å². The average Bonchev–Trinajstić information content (AvgIpc) is 3.15. The number of thiophene rings is 1. The van der Waals surface area contributed by atoms with Gasteiger partial charge in [-0.3, -0.25) is 5.32 Å². The van der Waals surface area contributed by atoms with Crippen LogP contribution in [-0.2, 0) is 6.54 Å². The average molecular weight is 354 g/mol. The van der Waals surface area contributed by atoms with Crippen LogP contribution >= 0.6 is 34.3 Å². The molecule has 2 aromatic heterocycles. The Hall–Kier alpha value is -1.83. The number of benzene rings is 1. The van der Waals surface area contributed by atoms with E-state index in [4.69, 9.17) is 16.3 Å². The van der Waals surface area contributed by atoms with Gasteiger partial charge in [0.15, 0.2) is 5.13 Å². The number of anilines is 1. The lowest BCUT2D eigenvalue weighted by molar-refractivity contribution is 0.252. The molecule has 0 saturated carbocycles. The third-order valence-corrected chi connectivity index (χ3v) is 5.21. The second-order valence-corrected chi connectivity index (χ2v) is 6.77. The Morgan fingerprint density at radius 3 is 3.00 bits per heavy atom. The number of hydrogen-bond acceptors (Lipinski definition) is 5. The van der Waals surface area contributed by atoms with Crippen LogP contribution in [0.2, 0.25) is 5.02 Å². The monoisotopic (exact) mass is 353 g/mol. The van der Waals surface area contributed by atoms with E-state index >= 15 is 0 Å². The molecule has 0 aliphatic heterocycles. The van der Waals surface area contributed by atoms with Crippen molar-refractivity contribution in [1.82, 2.24) is 10.3 Å². The van der Waals surface area contributed by atoms with Crippen LogP contribution < -0.4 is 15.4 Å². The van der Waals surface area contributed by atoms with Crippen molar-refractivity contribution in [2.24, 2.45) is 0 Å². The Bertz CT molecular complexity index is 802. The van der Waals surface area contributed by atoms with Crippen molar-refractivity contribution in [2.45, 2.75) is 6.54 Å². The quantitative estimate of drug-likeness (QED) is 0.733. The molecule has 0 aliphatic rings. The van der Waals surface area contributed by atoms with Crippen molar-refractivity contribution in [1.29, 1.82) is 0 Å². The first-order valence-corrected chi connectivity index (χ1v) is 8.45. The van der Waals surface area contributed by atoms with Crippen LogP contribution in [0, 0.1) is 0 Å². The highest BCUT2D eigenvalue weighted by atomic mass is 35.5. The first-order valence-electron chi connectivity index (χ1n) is 6.37. The fraction of sp³-hybridized carbons (Fsp3) is 0.143. The topological polar surface area (TPSA) is 63.2 Å². The van der Waals surface area contributed by atoms with Gasteiger partial charge in [-0.25, -0.2) is 9.78 Å². The molecule has 0 saturated heterocycles. The van der Waals surface area contributed by atoms with E-state index in [-0.39, 0.29) is 6.03 Å². The number of carbonyl (C=O) groups is 1. The number of ether oxygens (including phenoxy) is 1. The van der Waals surface area contributed by atoms with Gasteiger partial charge in [0.1, 0.15) is 11.3 Å². The molecule has 114 valence electrons. The predicted octanol–water partition coefficient (Wildman–Crippen LogP) is 4.34. The van der Waals surface area contributed by atoms with Crippen LogP contribution in [-0.4, -0.2) is 18.1 Å². The summed E-state index contributed by atoms with van der Waals surface area (Å²) in [5.41, 5.74) is 0.647. The molecule has 0 radical (unpaired) electrons. The van der Waals surface area contributed by atoms with E-state index in [9.17, 15) is 4.79 Å². The van der Waals surface area contributed by atoms with Gasteiger partial charge in [0.05, 0.1) is 23.4 Å². The molecular weight excluding hydrogens is 342 g/mol. The highest BCUT2D eigenvalue weighted by molar-refractivity contribution is 7.23. The Morgan fingerprint density at radius 2 is 2.27 bits per heavy atom. The second kappa shape index (κ2) is 6.51. The van der Waals surface area contributed by atoms with Gasteiger partial charge < -0.3 is 10.1 Å². The number of thiazole rings is 1. The van der Waals surface area contributed by atoms with E-state index in [1.165, 1.54) is 11.3 Å². The molecule has 8 heteroatoms. The maximum atomic E-state index is 11.9. The summed E-state index contributed by atoms with van der Waals surface area (Å²) in [6.45, 7) is 0.485. The Kier molecular flexibility index (Phi) is 4.47. The summed E-state index contributed by atoms with van der Waals surface area (Å²) in [5, 5.41) is 8.53. The van der Waals surface area contributed by atoms with Crippen LogP contribution in [0.25, 0.3) is 10.2 Å². The molecule has 2 N–H and O–H groups in total. The predicted molar refractivity (Wildman–Crippen MR) is 91.4 cm³/mol. The fourth-order valence-corrected chi connectivity index (χ4v) is 3.69. The number of methoxy groups -OCH3 is 1. The van der Waals surface area contributed by atoms with E-state index in [1.54, 1.807) is 30.6 Å². The molecule has 2 heterocycles. The number of aromatic nitrogens is 1. The molecule has 0 atom stereocenters. The highest BCUT2D eigenvalue weighted by Gasteiger charge is 2.13. The molecule has 22 heavy (non-hydrogen) atoms. The first-order chi connectivity index (χ1) is 10.7. The third kappa shape index (κ3) is 3.16. The van der Waals surface area contributed by atoms with Crippen molar-refractivity contribution in [3.05, 3.63) is 39.5 Å². The SMILES string of the molecule is COc1ccc(Cl)c2sc(NC(=O)NCc3cccs3)nc12. The van der Waals surface area contributed by atoms with Gasteiger partial charge in [0, 0.05) is 4.88 Å². The maximum absolute atomic E-state index is 11.9. The number of nitrogens with one attached hydrogen (secondary N) is 2. The van der Waals surface area contributed by atoms with Gasteiger partial charge >= 0.3 is 6.03 Å². The molecule has 2 amide bonds. The molecule has 0 spiro atoms.